The number of benzene rings is 1. The molecule has 0 atom stereocenters. The molecule has 0 spiro atoms. The fourth-order valence-corrected chi connectivity index (χ4v) is 2.37. The molecule has 0 saturated heterocycles. The maximum absolute atomic E-state index is 9.53. The molecule has 20 heavy (non-hydrogen) atoms. The van der Waals surface area contributed by atoms with Gasteiger partial charge in [0.05, 0.1) is 30.0 Å². The Kier molecular flexibility index (Phi) is 4.47. The van der Waals surface area contributed by atoms with Gasteiger partial charge in [0.25, 0.3) is 0 Å². The number of aromatic nitrogens is 1. The van der Waals surface area contributed by atoms with E-state index in [4.69, 9.17) is 5.73 Å². The number of halogens is 1. The number of aliphatic hydroxyl groups is 2. The van der Waals surface area contributed by atoms with Crippen LogP contribution in [0.3, 0.4) is 0 Å². The van der Waals surface area contributed by atoms with Gasteiger partial charge in [-0.05, 0) is 40.5 Å². The van der Waals surface area contributed by atoms with E-state index in [1.54, 1.807) is 12.3 Å². The van der Waals surface area contributed by atoms with Crippen LogP contribution in [0, 0.1) is 0 Å². The van der Waals surface area contributed by atoms with Crippen LogP contribution < -0.4 is 11.1 Å². The summed E-state index contributed by atoms with van der Waals surface area (Å²) in [7, 11) is 0. The van der Waals surface area contributed by atoms with E-state index in [-0.39, 0.29) is 13.2 Å². The molecule has 0 radical (unpaired) electrons. The highest BCUT2D eigenvalue weighted by atomic mass is 79.9. The predicted molar refractivity (Wildman–Crippen MR) is 84.7 cm³/mol. The molecule has 5 nitrogen and oxygen atoms in total. The van der Waals surface area contributed by atoms with E-state index in [0.29, 0.717) is 17.6 Å². The molecule has 0 aliphatic rings. The third-order valence-corrected chi connectivity index (χ3v) is 3.97. The van der Waals surface area contributed by atoms with E-state index in [1.165, 1.54) is 0 Å². The Bertz CT molecular complexity index is 606. The summed E-state index contributed by atoms with van der Waals surface area (Å²) < 4.78 is 0.847. The van der Waals surface area contributed by atoms with Gasteiger partial charge >= 0.3 is 0 Å². The van der Waals surface area contributed by atoms with Crippen LogP contribution >= 0.6 is 15.9 Å². The molecular formula is C14H18BrN3O2. The Morgan fingerprint density at radius 3 is 2.65 bits per heavy atom. The smallest absolute Gasteiger partial charge is 0.0954 e. The highest BCUT2D eigenvalue weighted by Gasteiger charge is 2.27. The lowest BCUT2D eigenvalue weighted by molar-refractivity contribution is 0.132. The van der Waals surface area contributed by atoms with Gasteiger partial charge in [-0.15, -0.1) is 0 Å². The molecule has 0 fully saturated rings. The summed E-state index contributed by atoms with van der Waals surface area (Å²) in [5.41, 5.74) is 7.29. The van der Waals surface area contributed by atoms with Gasteiger partial charge in [0.1, 0.15) is 0 Å². The molecule has 0 bridgehead atoms. The van der Waals surface area contributed by atoms with E-state index in [1.807, 2.05) is 19.1 Å². The minimum absolute atomic E-state index is 0.164. The Morgan fingerprint density at radius 2 is 2.05 bits per heavy atom. The Morgan fingerprint density at radius 1 is 1.35 bits per heavy atom. The number of hydrogen-bond donors (Lipinski definition) is 4. The van der Waals surface area contributed by atoms with Crippen molar-refractivity contribution in [1.29, 1.82) is 0 Å². The van der Waals surface area contributed by atoms with Gasteiger partial charge in [0, 0.05) is 21.7 Å². The second kappa shape index (κ2) is 5.95. The van der Waals surface area contributed by atoms with Crippen molar-refractivity contribution < 1.29 is 10.2 Å². The zero-order valence-corrected chi connectivity index (χ0v) is 12.8. The number of nitrogens with two attached hydrogens (primary N) is 1. The summed E-state index contributed by atoms with van der Waals surface area (Å²) in [5.74, 6) is 0. The molecule has 2 rings (SSSR count). The van der Waals surface area contributed by atoms with Crippen molar-refractivity contribution >= 4 is 38.2 Å². The lowest BCUT2D eigenvalue weighted by Gasteiger charge is -2.31. The number of rotatable bonds is 5. The first-order chi connectivity index (χ1) is 9.55. The molecule has 0 unspecified atom stereocenters. The molecule has 108 valence electrons. The second-order valence-corrected chi connectivity index (χ2v) is 5.74. The third kappa shape index (κ3) is 2.72. The number of anilines is 2. The maximum Gasteiger partial charge on any atom is 0.0954 e. The van der Waals surface area contributed by atoms with Crippen LogP contribution in [0.25, 0.3) is 10.9 Å². The van der Waals surface area contributed by atoms with Crippen LogP contribution in [0.1, 0.15) is 13.3 Å². The topological polar surface area (TPSA) is 91.4 Å². The number of nitrogens with zero attached hydrogens (tertiary/aromatic N) is 1. The van der Waals surface area contributed by atoms with Crippen molar-refractivity contribution in [3.8, 4) is 0 Å². The molecule has 5 N–H and O–H groups in total. The average molecular weight is 340 g/mol. The van der Waals surface area contributed by atoms with E-state index in [9.17, 15) is 10.2 Å². The second-order valence-electron chi connectivity index (χ2n) is 4.83. The van der Waals surface area contributed by atoms with Crippen LogP contribution in [0.2, 0.25) is 0 Å². The highest BCUT2D eigenvalue weighted by Crippen LogP contribution is 2.31. The van der Waals surface area contributed by atoms with Crippen molar-refractivity contribution in [2.75, 3.05) is 24.3 Å². The molecule has 1 aromatic carbocycles. The molecule has 6 heteroatoms. The number of fused-ring (bicyclic) bond motifs is 1. The molecule has 0 aliphatic heterocycles. The summed E-state index contributed by atoms with van der Waals surface area (Å²) in [6, 6.07) is 5.50. The lowest BCUT2D eigenvalue weighted by atomic mass is 9.97. The summed E-state index contributed by atoms with van der Waals surface area (Å²) in [6.07, 6.45) is 2.28. The third-order valence-electron chi connectivity index (χ3n) is 3.53. The summed E-state index contributed by atoms with van der Waals surface area (Å²) >= 11 is 3.38. The van der Waals surface area contributed by atoms with E-state index < -0.39 is 5.54 Å². The van der Waals surface area contributed by atoms with Gasteiger partial charge < -0.3 is 21.3 Å². The number of aliphatic hydroxyl groups excluding tert-OH is 2. The Labute approximate surface area is 126 Å². The highest BCUT2D eigenvalue weighted by molar-refractivity contribution is 9.10. The largest absolute Gasteiger partial charge is 0.398 e. The quantitative estimate of drug-likeness (QED) is 0.626. The van der Waals surface area contributed by atoms with Gasteiger partial charge in [0.15, 0.2) is 0 Å². The summed E-state index contributed by atoms with van der Waals surface area (Å²) in [4.78, 5) is 4.38. The molecule has 1 aromatic heterocycles. The molecule has 1 heterocycles. The molecule has 2 aromatic rings. The van der Waals surface area contributed by atoms with Gasteiger partial charge in [-0.25, -0.2) is 0 Å². The standard InChI is InChI=1S/C14H18BrN3O2/c1-2-14(7-19,8-20)18-12-4-3-11(16)10-5-9(15)6-17-13(10)12/h3-6,18-20H,2,7-8,16H2,1H3. The predicted octanol–water partition coefficient (Wildman–Crippen LogP) is 2.12. The van der Waals surface area contributed by atoms with Crippen molar-refractivity contribution in [2.45, 2.75) is 18.9 Å². The molecule has 0 aliphatic carbocycles. The Hall–Kier alpha value is -1.37. The summed E-state index contributed by atoms with van der Waals surface area (Å²) in [5, 5.41) is 23.1. The van der Waals surface area contributed by atoms with Gasteiger partial charge in [-0.1, -0.05) is 6.92 Å². The first-order valence-electron chi connectivity index (χ1n) is 6.39. The maximum atomic E-state index is 9.53. The van der Waals surface area contributed by atoms with Crippen molar-refractivity contribution in [3.05, 3.63) is 28.9 Å². The summed E-state index contributed by atoms with van der Waals surface area (Å²) in [6.45, 7) is 1.58. The number of hydrogen-bond acceptors (Lipinski definition) is 5. The zero-order valence-electron chi connectivity index (χ0n) is 11.2. The van der Waals surface area contributed by atoms with E-state index in [2.05, 4.69) is 26.2 Å². The van der Waals surface area contributed by atoms with E-state index >= 15 is 0 Å². The van der Waals surface area contributed by atoms with Gasteiger partial charge in [0.2, 0.25) is 0 Å². The zero-order chi connectivity index (χ0) is 14.8. The van der Waals surface area contributed by atoms with Crippen LogP contribution in [-0.4, -0.2) is 33.9 Å². The normalized spacial score (nSPS) is 11.8. The van der Waals surface area contributed by atoms with Gasteiger partial charge in [-0.3, -0.25) is 4.98 Å². The number of nitrogens with one attached hydrogen (secondary N) is 1. The number of nitrogen functional groups attached to an aromatic ring is 1. The van der Waals surface area contributed by atoms with E-state index in [0.717, 1.165) is 15.5 Å². The monoisotopic (exact) mass is 339 g/mol. The Balaban J connectivity index is 2.53. The van der Waals surface area contributed by atoms with Crippen LogP contribution in [0.4, 0.5) is 11.4 Å². The lowest BCUT2D eigenvalue weighted by Crippen LogP contribution is -2.45. The van der Waals surface area contributed by atoms with Crippen molar-refractivity contribution in [2.24, 2.45) is 0 Å². The average Bonchev–Trinajstić information content (AvgIpc) is 2.48. The number of pyridine rings is 1. The minimum Gasteiger partial charge on any atom is -0.398 e. The first-order valence-corrected chi connectivity index (χ1v) is 7.18. The SMILES string of the molecule is CCC(CO)(CO)Nc1ccc(N)c2cc(Br)cnc12. The van der Waals surface area contributed by atoms with Gasteiger partial charge in [-0.2, -0.15) is 0 Å². The van der Waals surface area contributed by atoms with Crippen LogP contribution in [0.15, 0.2) is 28.9 Å². The molecule has 0 saturated carbocycles. The van der Waals surface area contributed by atoms with Crippen LogP contribution in [-0.2, 0) is 0 Å². The molecular weight excluding hydrogens is 322 g/mol. The van der Waals surface area contributed by atoms with Crippen LogP contribution in [0.5, 0.6) is 0 Å². The minimum atomic E-state index is -0.766. The fourth-order valence-electron chi connectivity index (χ4n) is 2.04. The first kappa shape index (κ1) is 15.0. The molecule has 0 amide bonds. The fraction of sp³-hybridized carbons (Fsp3) is 0.357. The van der Waals surface area contributed by atoms with Crippen molar-refractivity contribution in [1.82, 2.24) is 4.98 Å². The van der Waals surface area contributed by atoms with Crippen molar-refractivity contribution in [3.63, 3.8) is 0 Å².